The third-order valence-corrected chi connectivity index (χ3v) is 2.68. The van der Waals surface area contributed by atoms with Crippen molar-refractivity contribution in [1.82, 2.24) is 0 Å². The molecule has 2 heteroatoms. The van der Waals surface area contributed by atoms with Crippen LogP contribution in [0.2, 0.25) is 0 Å². The standard InChI is InChI=1S/C11H14OS/c1-3-6-10(12)9-7-4-5-8-11(9)13-2/h4-5,7-8H,3,6H2,1-2H3. The van der Waals surface area contributed by atoms with E-state index in [1.807, 2.05) is 37.4 Å². The van der Waals surface area contributed by atoms with Gasteiger partial charge in [-0.15, -0.1) is 11.8 Å². The van der Waals surface area contributed by atoms with Crippen molar-refractivity contribution >= 4 is 17.5 Å². The molecule has 0 aliphatic heterocycles. The van der Waals surface area contributed by atoms with Gasteiger partial charge in [-0.05, 0) is 18.7 Å². The van der Waals surface area contributed by atoms with Crippen LogP contribution in [0.1, 0.15) is 30.1 Å². The number of ketones is 1. The molecular weight excluding hydrogens is 180 g/mol. The summed E-state index contributed by atoms with van der Waals surface area (Å²) in [5.74, 6) is 0.257. The van der Waals surface area contributed by atoms with E-state index in [2.05, 4.69) is 0 Å². The molecule has 0 saturated carbocycles. The second kappa shape index (κ2) is 5.07. The van der Waals surface area contributed by atoms with Crippen molar-refractivity contribution in [3.05, 3.63) is 29.8 Å². The molecule has 0 fully saturated rings. The molecule has 0 radical (unpaired) electrons. The highest BCUT2D eigenvalue weighted by molar-refractivity contribution is 7.98. The fraction of sp³-hybridized carbons (Fsp3) is 0.364. The monoisotopic (exact) mass is 194 g/mol. The zero-order valence-corrected chi connectivity index (χ0v) is 8.86. The van der Waals surface area contributed by atoms with E-state index in [-0.39, 0.29) is 5.78 Å². The van der Waals surface area contributed by atoms with Crippen LogP contribution < -0.4 is 0 Å². The highest BCUT2D eigenvalue weighted by Crippen LogP contribution is 2.21. The maximum absolute atomic E-state index is 11.6. The number of hydrogen-bond acceptors (Lipinski definition) is 2. The van der Waals surface area contributed by atoms with Crippen molar-refractivity contribution in [2.75, 3.05) is 6.26 Å². The van der Waals surface area contributed by atoms with Crippen LogP contribution in [0.25, 0.3) is 0 Å². The molecular formula is C11H14OS. The van der Waals surface area contributed by atoms with Gasteiger partial charge in [-0.25, -0.2) is 0 Å². The Labute approximate surface area is 83.5 Å². The van der Waals surface area contributed by atoms with E-state index in [1.54, 1.807) is 11.8 Å². The minimum absolute atomic E-state index is 0.257. The van der Waals surface area contributed by atoms with Gasteiger partial charge in [0.15, 0.2) is 5.78 Å². The van der Waals surface area contributed by atoms with Crippen LogP contribution >= 0.6 is 11.8 Å². The van der Waals surface area contributed by atoms with E-state index in [0.717, 1.165) is 16.9 Å². The molecule has 0 unspecified atom stereocenters. The van der Waals surface area contributed by atoms with Crippen molar-refractivity contribution < 1.29 is 4.79 Å². The molecule has 70 valence electrons. The molecule has 1 aromatic carbocycles. The normalized spacial score (nSPS) is 10.0. The predicted molar refractivity (Wildman–Crippen MR) is 57.5 cm³/mol. The Kier molecular flexibility index (Phi) is 4.03. The summed E-state index contributed by atoms with van der Waals surface area (Å²) in [7, 11) is 0. The molecule has 1 aromatic rings. The Morgan fingerprint density at radius 1 is 1.38 bits per heavy atom. The minimum Gasteiger partial charge on any atom is -0.294 e. The lowest BCUT2D eigenvalue weighted by Crippen LogP contribution is -1.99. The zero-order valence-electron chi connectivity index (χ0n) is 8.04. The van der Waals surface area contributed by atoms with Crippen molar-refractivity contribution in [2.45, 2.75) is 24.7 Å². The number of carbonyl (C=O) groups excluding carboxylic acids is 1. The lowest BCUT2D eigenvalue weighted by atomic mass is 10.1. The summed E-state index contributed by atoms with van der Waals surface area (Å²) < 4.78 is 0. The molecule has 0 bridgehead atoms. The number of carbonyl (C=O) groups is 1. The van der Waals surface area contributed by atoms with Gasteiger partial charge in [-0.3, -0.25) is 4.79 Å². The van der Waals surface area contributed by atoms with Crippen molar-refractivity contribution in [3.63, 3.8) is 0 Å². The smallest absolute Gasteiger partial charge is 0.163 e. The van der Waals surface area contributed by atoms with Crippen molar-refractivity contribution in [1.29, 1.82) is 0 Å². The van der Waals surface area contributed by atoms with E-state index in [1.165, 1.54) is 0 Å². The number of hydrogen-bond donors (Lipinski definition) is 0. The summed E-state index contributed by atoms with van der Waals surface area (Å²) in [6, 6.07) is 7.79. The average molecular weight is 194 g/mol. The molecule has 0 amide bonds. The van der Waals surface area contributed by atoms with Gasteiger partial charge in [0.25, 0.3) is 0 Å². The molecule has 0 atom stereocenters. The third-order valence-electron chi connectivity index (χ3n) is 1.88. The predicted octanol–water partition coefficient (Wildman–Crippen LogP) is 3.39. The third kappa shape index (κ3) is 2.59. The Hall–Kier alpha value is -0.760. The van der Waals surface area contributed by atoms with E-state index in [0.29, 0.717) is 6.42 Å². The number of Topliss-reactive ketones (excluding diaryl/α,β-unsaturated/α-hetero) is 1. The Morgan fingerprint density at radius 3 is 2.69 bits per heavy atom. The first-order chi connectivity index (χ1) is 6.29. The SMILES string of the molecule is CCCC(=O)c1ccccc1SC. The van der Waals surface area contributed by atoms with Gasteiger partial charge in [0.1, 0.15) is 0 Å². The molecule has 1 nitrogen and oxygen atoms in total. The topological polar surface area (TPSA) is 17.1 Å². The maximum atomic E-state index is 11.6. The van der Waals surface area contributed by atoms with Crippen LogP contribution in [0.4, 0.5) is 0 Å². The summed E-state index contributed by atoms with van der Waals surface area (Å²) in [5, 5.41) is 0. The molecule has 0 aromatic heterocycles. The van der Waals surface area contributed by atoms with Gasteiger partial charge in [0, 0.05) is 16.9 Å². The summed E-state index contributed by atoms with van der Waals surface area (Å²) in [6.07, 6.45) is 3.57. The fourth-order valence-corrected chi connectivity index (χ4v) is 1.85. The molecule has 0 aliphatic carbocycles. The zero-order chi connectivity index (χ0) is 9.68. The Bertz CT molecular complexity index is 294. The Balaban J connectivity index is 2.92. The van der Waals surface area contributed by atoms with Crippen molar-refractivity contribution in [3.8, 4) is 0 Å². The van der Waals surface area contributed by atoms with Gasteiger partial charge in [-0.1, -0.05) is 25.1 Å². The molecule has 0 saturated heterocycles. The van der Waals surface area contributed by atoms with Gasteiger partial charge in [0.05, 0.1) is 0 Å². The van der Waals surface area contributed by atoms with Crippen LogP contribution in [-0.4, -0.2) is 12.0 Å². The number of thioether (sulfide) groups is 1. The maximum Gasteiger partial charge on any atom is 0.163 e. The molecule has 1 rings (SSSR count). The number of benzene rings is 1. The average Bonchev–Trinajstić information content (AvgIpc) is 2.18. The lowest BCUT2D eigenvalue weighted by Gasteiger charge is -2.04. The van der Waals surface area contributed by atoms with Gasteiger partial charge < -0.3 is 0 Å². The quantitative estimate of drug-likeness (QED) is 0.540. The fourth-order valence-electron chi connectivity index (χ4n) is 1.24. The Morgan fingerprint density at radius 2 is 2.08 bits per heavy atom. The summed E-state index contributed by atoms with van der Waals surface area (Å²) >= 11 is 1.63. The first-order valence-corrected chi connectivity index (χ1v) is 5.68. The molecule has 0 spiro atoms. The highest BCUT2D eigenvalue weighted by Gasteiger charge is 2.08. The molecule has 0 aliphatic rings. The first kappa shape index (κ1) is 10.3. The van der Waals surface area contributed by atoms with E-state index in [4.69, 9.17) is 0 Å². The summed E-state index contributed by atoms with van der Waals surface area (Å²) in [4.78, 5) is 12.7. The van der Waals surface area contributed by atoms with E-state index < -0.39 is 0 Å². The van der Waals surface area contributed by atoms with Crippen LogP contribution in [0.15, 0.2) is 29.2 Å². The van der Waals surface area contributed by atoms with Crippen molar-refractivity contribution in [2.24, 2.45) is 0 Å². The largest absolute Gasteiger partial charge is 0.294 e. The minimum atomic E-state index is 0.257. The molecule has 0 N–H and O–H groups in total. The summed E-state index contributed by atoms with van der Waals surface area (Å²) in [6.45, 7) is 2.03. The molecule has 0 heterocycles. The van der Waals surface area contributed by atoms with Crippen LogP contribution in [-0.2, 0) is 0 Å². The van der Waals surface area contributed by atoms with Crippen LogP contribution in [0.5, 0.6) is 0 Å². The second-order valence-corrected chi connectivity index (χ2v) is 3.72. The second-order valence-electron chi connectivity index (χ2n) is 2.87. The van der Waals surface area contributed by atoms with E-state index >= 15 is 0 Å². The first-order valence-electron chi connectivity index (χ1n) is 4.45. The van der Waals surface area contributed by atoms with Crippen LogP contribution in [0.3, 0.4) is 0 Å². The molecule has 13 heavy (non-hydrogen) atoms. The lowest BCUT2D eigenvalue weighted by molar-refractivity contribution is 0.0979. The highest BCUT2D eigenvalue weighted by atomic mass is 32.2. The van der Waals surface area contributed by atoms with Crippen LogP contribution in [0, 0.1) is 0 Å². The number of rotatable bonds is 4. The van der Waals surface area contributed by atoms with E-state index in [9.17, 15) is 4.79 Å². The van der Waals surface area contributed by atoms with Gasteiger partial charge in [0.2, 0.25) is 0 Å². The van der Waals surface area contributed by atoms with Gasteiger partial charge in [-0.2, -0.15) is 0 Å². The summed E-state index contributed by atoms with van der Waals surface area (Å²) in [5.41, 5.74) is 0.872. The van der Waals surface area contributed by atoms with Gasteiger partial charge >= 0.3 is 0 Å².